The molecule has 2 heterocycles. The lowest BCUT2D eigenvalue weighted by Crippen LogP contribution is -2.24. The first-order valence-corrected chi connectivity index (χ1v) is 5.90. The van der Waals surface area contributed by atoms with Crippen LogP contribution in [0.15, 0.2) is 10.2 Å². The summed E-state index contributed by atoms with van der Waals surface area (Å²) in [6.07, 6.45) is 1.14. The van der Waals surface area contributed by atoms with E-state index in [1.165, 1.54) is 9.36 Å². The van der Waals surface area contributed by atoms with Crippen molar-refractivity contribution in [2.75, 3.05) is 0 Å². The number of aryl methyl sites for hydroxylation is 2. The SMILES string of the molecule is O=[N+]([O-])/N=c1\nn[nH]n1CCCCn1[nH]nn/c1=N\[N+](=O)[O-]. The number of nitrogens with one attached hydrogen (secondary N) is 2. The molecule has 16 nitrogen and oxygen atoms in total. The van der Waals surface area contributed by atoms with Crippen LogP contribution < -0.4 is 11.2 Å². The third-order valence-corrected chi connectivity index (χ3v) is 2.45. The topological polar surface area (TPSA) is 204 Å². The summed E-state index contributed by atoms with van der Waals surface area (Å²) >= 11 is 0. The molecule has 0 radical (unpaired) electrons. The van der Waals surface area contributed by atoms with E-state index < -0.39 is 10.1 Å². The minimum Gasteiger partial charge on any atom is -0.233 e. The number of aromatic amines is 2. The number of nitro groups is 2. The van der Waals surface area contributed by atoms with Gasteiger partial charge in [0.1, 0.15) is 10.2 Å². The lowest BCUT2D eigenvalue weighted by atomic mass is 10.3. The van der Waals surface area contributed by atoms with Gasteiger partial charge in [-0.2, -0.15) is 10.4 Å². The monoisotopic (exact) mass is 314 g/mol. The van der Waals surface area contributed by atoms with Crippen LogP contribution in [-0.4, -0.2) is 50.5 Å². The fraction of sp³-hybridized carbons (Fsp3) is 0.667. The van der Waals surface area contributed by atoms with E-state index in [9.17, 15) is 20.2 Å². The van der Waals surface area contributed by atoms with Gasteiger partial charge in [-0.1, -0.05) is 10.2 Å². The Hall–Kier alpha value is -3.46. The number of hydrogen-bond donors (Lipinski definition) is 2. The minimum absolute atomic E-state index is 0.148. The summed E-state index contributed by atoms with van der Waals surface area (Å²) in [5, 5.41) is 43.6. The van der Waals surface area contributed by atoms with E-state index in [2.05, 4.69) is 41.3 Å². The Morgan fingerprint density at radius 3 is 1.68 bits per heavy atom. The van der Waals surface area contributed by atoms with Crippen LogP contribution in [0.1, 0.15) is 12.8 Å². The summed E-state index contributed by atoms with van der Waals surface area (Å²) in [5.41, 5.74) is -0.296. The Kier molecular flexibility index (Phi) is 4.63. The third-order valence-electron chi connectivity index (χ3n) is 2.45. The minimum atomic E-state index is -0.869. The predicted molar refractivity (Wildman–Crippen MR) is 63.1 cm³/mol. The normalized spacial score (nSPS) is 12.7. The van der Waals surface area contributed by atoms with Gasteiger partial charge in [0.05, 0.1) is 0 Å². The molecule has 0 aliphatic rings. The summed E-state index contributed by atoms with van der Waals surface area (Å²) in [6, 6.07) is 0. The van der Waals surface area contributed by atoms with Crippen LogP contribution in [0.5, 0.6) is 0 Å². The number of tetrazole rings is 2. The van der Waals surface area contributed by atoms with Crippen LogP contribution in [0.2, 0.25) is 0 Å². The fourth-order valence-corrected chi connectivity index (χ4v) is 1.57. The van der Waals surface area contributed by atoms with Gasteiger partial charge < -0.3 is 0 Å². The molecule has 0 aromatic carbocycles. The van der Waals surface area contributed by atoms with E-state index in [0.29, 0.717) is 25.9 Å². The highest BCUT2D eigenvalue weighted by molar-refractivity contribution is 4.52. The summed E-state index contributed by atoms with van der Waals surface area (Å²) < 4.78 is 2.61. The molecule has 2 aromatic heterocycles. The standard InChI is InChI=1S/C6H10N12O4/c19-17(20)9-5-7-11-13-15(5)3-1-2-4-16-6(8-12-14-16)10-18(21)22/h1-4H2,(H,7,9,13)(H,8,10,14). The van der Waals surface area contributed by atoms with Gasteiger partial charge in [0, 0.05) is 13.1 Å². The maximum atomic E-state index is 10.3. The average molecular weight is 314 g/mol. The highest BCUT2D eigenvalue weighted by atomic mass is 16.7. The molecule has 0 unspecified atom stereocenters. The number of H-pyrrole nitrogens is 2. The Labute approximate surface area is 119 Å². The Balaban J connectivity index is 1.91. The molecule has 0 atom stereocenters. The molecular weight excluding hydrogens is 304 g/mol. The van der Waals surface area contributed by atoms with Crippen molar-refractivity contribution in [2.45, 2.75) is 25.9 Å². The Morgan fingerprint density at radius 2 is 1.32 bits per heavy atom. The molecule has 0 bridgehead atoms. The number of hydrogen-bond acceptors (Lipinski definition) is 8. The van der Waals surface area contributed by atoms with Gasteiger partial charge in [-0.05, 0) is 23.3 Å². The van der Waals surface area contributed by atoms with Gasteiger partial charge in [0.15, 0.2) is 10.1 Å². The zero-order valence-corrected chi connectivity index (χ0v) is 10.9. The molecule has 0 aliphatic carbocycles. The van der Waals surface area contributed by atoms with E-state index in [1.54, 1.807) is 0 Å². The molecule has 0 amide bonds. The molecule has 2 N–H and O–H groups in total. The zero-order chi connectivity index (χ0) is 15.9. The van der Waals surface area contributed by atoms with Crippen LogP contribution >= 0.6 is 0 Å². The maximum absolute atomic E-state index is 10.3. The van der Waals surface area contributed by atoms with Gasteiger partial charge >= 0.3 is 11.2 Å². The Morgan fingerprint density at radius 1 is 0.909 bits per heavy atom. The lowest BCUT2D eigenvalue weighted by Gasteiger charge is -2.01. The van der Waals surface area contributed by atoms with Crippen molar-refractivity contribution in [3.8, 4) is 0 Å². The van der Waals surface area contributed by atoms with Crippen LogP contribution in [0.3, 0.4) is 0 Å². The van der Waals surface area contributed by atoms with Crippen molar-refractivity contribution >= 4 is 0 Å². The van der Waals surface area contributed by atoms with Crippen LogP contribution in [0.25, 0.3) is 0 Å². The molecular formula is C6H10N12O4. The second-order valence-electron chi connectivity index (χ2n) is 3.89. The van der Waals surface area contributed by atoms with Crippen molar-refractivity contribution in [3.63, 3.8) is 0 Å². The van der Waals surface area contributed by atoms with E-state index in [4.69, 9.17) is 0 Å². The van der Waals surface area contributed by atoms with Crippen molar-refractivity contribution in [3.05, 3.63) is 31.5 Å². The first kappa shape index (κ1) is 14.9. The third kappa shape index (κ3) is 4.02. The predicted octanol–water partition coefficient (Wildman–Crippen LogP) is -2.81. The van der Waals surface area contributed by atoms with Crippen molar-refractivity contribution < 1.29 is 10.1 Å². The molecule has 2 rings (SSSR count). The van der Waals surface area contributed by atoms with Crippen LogP contribution in [-0.2, 0) is 13.1 Å². The largest absolute Gasteiger partial charge is 0.337 e. The van der Waals surface area contributed by atoms with Crippen molar-refractivity contribution in [1.29, 1.82) is 0 Å². The summed E-state index contributed by atoms with van der Waals surface area (Å²) in [5.74, 6) is 0. The number of aromatic nitrogens is 8. The van der Waals surface area contributed by atoms with E-state index in [-0.39, 0.29) is 11.2 Å². The molecule has 0 aliphatic heterocycles. The van der Waals surface area contributed by atoms with E-state index in [1.807, 2.05) is 0 Å². The van der Waals surface area contributed by atoms with Gasteiger partial charge in [0.2, 0.25) is 0 Å². The van der Waals surface area contributed by atoms with Crippen molar-refractivity contribution in [2.24, 2.45) is 10.2 Å². The van der Waals surface area contributed by atoms with E-state index >= 15 is 0 Å². The number of unbranched alkanes of at least 4 members (excludes halogenated alkanes) is 1. The molecule has 2 aromatic rings. The Bertz CT molecular complexity index is 711. The van der Waals surface area contributed by atoms with Crippen molar-refractivity contribution in [1.82, 2.24) is 40.4 Å². The van der Waals surface area contributed by atoms with Crippen LogP contribution in [0.4, 0.5) is 0 Å². The quantitative estimate of drug-likeness (QED) is 0.309. The highest BCUT2D eigenvalue weighted by Gasteiger charge is 2.04. The first-order valence-electron chi connectivity index (χ1n) is 5.90. The van der Waals surface area contributed by atoms with Gasteiger partial charge in [-0.15, -0.1) is 0 Å². The molecule has 118 valence electrons. The molecule has 0 saturated carbocycles. The average Bonchev–Trinajstić information content (AvgIpc) is 3.04. The lowest BCUT2D eigenvalue weighted by molar-refractivity contribution is -0.491. The van der Waals surface area contributed by atoms with Gasteiger partial charge in [0.25, 0.3) is 0 Å². The highest BCUT2D eigenvalue weighted by Crippen LogP contribution is 1.92. The number of rotatable bonds is 7. The summed E-state index contributed by atoms with van der Waals surface area (Å²) in [7, 11) is 0. The smallest absolute Gasteiger partial charge is 0.233 e. The first-order chi connectivity index (χ1) is 10.6. The molecule has 22 heavy (non-hydrogen) atoms. The fourth-order valence-electron chi connectivity index (χ4n) is 1.57. The zero-order valence-electron chi connectivity index (χ0n) is 10.9. The maximum Gasteiger partial charge on any atom is 0.337 e. The summed E-state index contributed by atoms with van der Waals surface area (Å²) in [6.45, 7) is 0.701. The molecule has 0 spiro atoms. The molecule has 16 heteroatoms. The van der Waals surface area contributed by atoms with Gasteiger partial charge in [-0.25, -0.2) is 29.6 Å². The van der Waals surface area contributed by atoms with E-state index in [0.717, 1.165) is 0 Å². The number of nitrogens with zero attached hydrogens (tertiary/aromatic N) is 10. The summed E-state index contributed by atoms with van der Waals surface area (Å²) in [4.78, 5) is 20.6. The second-order valence-corrected chi connectivity index (χ2v) is 3.89. The molecule has 0 fully saturated rings. The van der Waals surface area contributed by atoms with Crippen LogP contribution in [0, 0.1) is 20.2 Å². The second kappa shape index (κ2) is 6.81. The van der Waals surface area contributed by atoms with Gasteiger partial charge in [-0.3, -0.25) is 0 Å². The molecule has 0 saturated heterocycles.